The molecule has 1 aromatic carbocycles. The Morgan fingerprint density at radius 3 is 3.00 bits per heavy atom. The number of rotatable bonds is 6. The maximum absolute atomic E-state index is 11.8. The number of aryl methyl sites for hydroxylation is 1. The Morgan fingerprint density at radius 1 is 1.38 bits per heavy atom. The average molecular weight is 288 g/mol. The molecule has 21 heavy (non-hydrogen) atoms. The zero-order valence-electron chi connectivity index (χ0n) is 12.9. The van der Waals surface area contributed by atoms with Crippen molar-refractivity contribution in [3.63, 3.8) is 0 Å². The van der Waals surface area contributed by atoms with E-state index in [0.29, 0.717) is 19.6 Å². The zero-order valence-corrected chi connectivity index (χ0v) is 12.9. The molecule has 1 amide bonds. The average Bonchev–Trinajstić information content (AvgIpc) is 2.50. The van der Waals surface area contributed by atoms with E-state index in [2.05, 4.69) is 29.7 Å². The summed E-state index contributed by atoms with van der Waals surface area (Å²) in [5.41, 5.74) is 3.64. The van der Waals surface area contributed by atoms with Crippen molar-refractivity contribution >= 4 is 5.91 Å². The summed E-state index contributed by atoms with van der Waals surface area (Å²) in [4.78, 5) is 11.8. The lowest BCUT2D eigenvalue weighted by Gasteiger charge is -2.15. The number of nitrogens with one attached hydrogen (secondary N) is 2. The molecule has 0 bridgehead atoms. The standard InChI is InChI=1S/C17H24N2O2/c1-13-4-3-5-16(14(13)2)21-11-8-17(20)19-12-15-6-9-18-10-7-15/h3-6,18H,7-12H2,1-2H3,(H,19,20). The summed E-state index contributed by atoms with van der Waals surface area (Å²) < 4.78 is 5.69. The van der Waals surface area contributed by atoms with Crippen LogP contribution in [0, 0.1) is 13.8 Å². The van der Waals surface area contributed by atoms with Crippen molar-refractivity contribution in [3.8, 4) is 5.75 Å². The monoisotopic (exact) mass is 288 g/mol. The number of carbonyl (C=O) groups is 1. The summed E-state index contributed by atoms with van der Waals surface area (Å²) in [5.74, 6) is 0.906. The fourth-order valence-electron chi connectivity index (χ4n) is 2.26. The van der Waals surface area contributed by atoms with Gasteiger partial charge in [0, 0.05) is 13.1 Å². The number of amides is 1. The smallest absolute Gasteiger partial charge is 0.223 e. The normalized spacial score (nSPS) is 14.5. The Hall–Kier alpha value is -1.81. The van der Waals surface area contributed by atoms with Gasteiger partial charge in [0.1, 0.15) is 5.75 Å². The molecule has 114 valence electrons. The summed E-state index contributed by atoms with van der Waals surface area (Å²) in [7, 11) is 0. The number of carbonyl (C=O) groups excluding carboxylic acids is 1. The topological polar surface area (TPSA) is 50.4 Å². The number of hydrogen-bond donors (Lipinski definition) is 2. The van der Waals surface area contributed by atoms with E-state index in [9.17, 15) is 4.79 Å². The van der Waals surface area contributed by atoms with Crippen molar-refractivity contribution in [1.82, 2.24) is 10.6 Å². The third-order valence-electron chi connectivity index (χ3n) is 3.81. The van der Waals surface area contributed by atoms with Crippen LogP contribution in [0.2, 0.25) is 0 Å². The summed E-state index contributed by atoms with van der Waals surface area (Å²) in [5, 5.41) is 6.21. The molecule has 2 rings (SSSR count). The lowest BCUT2D eigenvalue weighted by molar-refractivity contribution is -0.121. The van der Waals surface area contributed by atoms with Crippen molar-refractivity contribution in [2.45, 2.75) is 26.7 Å². The molecule has 0 saturated carbocycles. The predicted molar refractivity (Wildman–Crippen MR) is 84.6 cm³/mol. The van der Waals surface area contributed by atoms with Crippen molar-refractivity contribution in [2.24, 2.45) is 0 Å². The maximum Gasteiger partial charge on any atom is 0.223 e. The molecule has 0 saturated heterocycles. The van der Waals surface area contributed by atoms with E-state index in [-0.39, 0.29) is 5.91 Å². The van der Waals surface area contributed by atoms with E-state index in [1.165, 1.54) is 11.1 Å². The van der Waals surface area contributed by atoms with E-state index in [1.54, 1.807) is 0 Å². The van der Waals surface area contributed by atoms with E-state index in [4.69, 9.17) is 4.74 Å². The highest BCUT2D eigenvalue weighted by Gasteiger charge is 2.07. The first kappa shape index (κ1) is 15.6. The van der Waals surface area contributed by atoms with Crippen LogP contribution < -0.4 is 15.4 Å². The van der Waals surface area contributed by atoms with Gasteiger partial charge in [-0.1, -0.05) is 23.8 Å². The van der Waals surface area contributed by atoms with Crippen molar-refractivity contribution in [3.05, 3.63) is 41.0 Å². The van der Waals surface area contributed by atoms with Crippen molar-refractivity contribution in [1.29, 1.82) is 0 Å². The lowest BCUT2D eigenvalue weighted by atomic mass is 10.1. The van der Waals surface area contributed by atoms with E-state index in [0.717, 1.165) is 30.8 Å². The van der Waals surface area contributed by atoms with Crippen LogP contribution in [0.5, 0.6) is 5.75 Å². The Labute approximate surface area is 126 Å². The van der Waals surface area contributed by atoms with Gasteiger partial charge < -0.3 is 15.4 Å². The largest absolute Gasteiger partial charge is 0.493 e. The molecule has 0 aromatic heterocycles. The van der Waals surface area contributed by atoms with E-state index < -0.39 is 0 Å². The molecule has 1 aliphatic heterocycles. The highest BCUT2D eigenvalue weighted by Crippen LogP contribution is 2.20. The Morgan fingerprint density at radius 2 is 2.24 bits per heavy atom. The number of ether oxygens (including phenoxy) is 1. The molecule has 0 spiro atoms. The first-order valence-electron chi connectivity index (χ1n) is 7.51. The van der Waals surface area contributed by atoms with Gasteiger partial charge >= 0.3 is 0 Å². The summed E-state index contributed by atoms with van der Waals surface area (Å²) in [6, 6.07) is 5.98. The van der Waals surface area contributed by atoms with Gasteiger partial charge in [-0.15, -0.1) is 0 Å². The molecule has 1 aromatic rings. The van der Waals surface area contributed by atoms with E-state index in [1.807, 2.05) is 19.1 Å². The Kier molecular flexibility index (Phi) is 5.81. The molecule has 2 N–H and O–H groups in total. The fraction of sp³-hybridized carbons (Fsp3) is 0.471. The first-order valence-corrected chi connectivity index (χ1v) is 7.51. The number of benzene rings is 1. The van der Waals surface area contributed by atoms with Gasteiger partial charge in [-0.3, -0.25) is 4.79 Å². The highest BCUT2D eigenvalue weighted by molar-refractivity contribution is 5.76. The summed E-state index contributed by atoms with van der Waals surface area (Å²) >= 11 is 0. The molecule has 0 radical (unpaired) electrons. The quantitative estimate of drug-likeness (QED) is 0.788. The molecule has 0 fully saturated rings. The lowest BCUT2D eigenvalue weighted by Crippen LogP contribution is -2.30. The maximum atomic E-state index is 11.8. The van der Waals surface area contributed by atoms with E-state index >= 15 is 0 Å². The summed E-state index contributed by atoms with van der Waals surface area (Å²) in [6.45, 7) is 7.06. The van der Waals surface area contributed by atoms with Gasteiger partial charge in [0.2, 0.25) is 5.91 Å². The zero-order chi connectivity index (χ0) is 15.1. The van der Waals surface area contributed by atoms with Crippen LogP contribution in [0.4, 0.5) is 0 Å². The van der Waals surface area contributed by atoms with Crippen LogP contribution in [0.15, 0.2) is 29.8 Å². The van der Waals surface area contributed by atoms with Crippen LogP contribution in [0.1, 0.15) is 24.0 Å². The molecule has 4 heteroatoms. The third kappa shape index (κ3) is 4.90. The Bertz CT molecular complexity index is 524. The molecular weight excluding hydrogens is 264 g/mol. The fourth-order valence-corrected chi connectivity index (χ4v) is 2.26. The van der Waals surface area contributed by atoms with Crippen LogP contribution in [0.3, 0.4) is 0 Å². The van der Waals surface area contributed by atoms with Gasteiger partial charge in [0.15, 0.2) is 0 Å². The van der Waals surface area contributed by atoms with Gasteiger partial charge in [0.05, 0.1) is 13.0 Å². The van der Waals surface area contributed by atoms with Gasteiger partial charge in [-0.25, -0.2) is 0 Å². The summed E-state index contributed by atoms with van der Waals surface area (Å²) in [6.07, 6.45) is 3.55. The molecule has 4 nitrogen and oxygen atoms in total. The van der Waals surface area contributed by atoms with Crippen LogP contribution >= 0.6 is 0 Å². The van der Waals surface area contributed by atoms with Crippen LogP contribution in [0.25, 0.3) is 0 Å². The third-order valence-corrected chi connectivity index (χ3v) is 3.81. The molecule has 0 unspecified atom stereocenters. The second-order valence-electron chi connectivity index (χ2n) is 5.39. The minimum absolute atomic E-state index is 0.0414. The molecule has 0 atom stereocenters. The van der Waals surface area contributed by atoms with Gasteiger partial charge in [-0.05, 0) is 44.0 Å². The minimum Gasteiger partial charge on any atom is -0.493 e. The number of hydrogen-bond acceptors (Lipinski definition) is 3. The van der Waals surface area contributed by atoms with Crippen molar-refractivity contribution < 1.29 is 9.53 Å². The van der Waals surface area contributed by atoms with Gasteiger partial charge in [-0.2, -0.15) is 0 Å². The second kappa shape index (κ2) is 7.84. The molecule has 1 aliphatic rings. The highest BCUT2D eigenvalue weighted by atomic mass is 16.5. The predicted octanol–water partition coefficient (Wildman–Crippen LogP) is 2.11. The van der Waals surface area contributed by atoms with Crippen LogP contribution in [-0.4, -0.2) is 32.1 Å². The Balaban J connectivity index is 1.69. The SMILES string of the molecule is Cc1cccc(OCCC(=O)NCC2=CCNCC2)c1C. The molecule has 0 aliphatic carbocycles. The minimum atomic E-state index is 0.0414. The molecule has 1 heterocycles. The van der Waals surface area contributed by atoms with Gasteiger partial charge in [0.25, 0.3) is 0 Å². The first-order chi connectivity index (χ1) is 10.2. The van der Waals surface area contributed by atoms with Crippen LogP contribution in [-0.2, 0) is 4.79 Å². The second-order valence-corrected chi connectivity index (χ2v) is 5.39. The molecular formula is C17H24N2O2. The van der Waals surface area contributed by atoms with Crippen molar-refractivity contribution in [2.75, 3.05) is 26.2 Å².